The van der Waals surface area contributed by atoms with Gasteiger partial charge in [-0.2, -0.15) is 10.2 Å². The van der Waals surface area contributed by atoms with E-state index in [1.54, 1.807) is 18.2 Å². The van der Waals surface area contributed by atoms with E-state index in [2.05, 4.69) is 25.0 Å². The zero-order chi connectivity index (χ0) is 23.1. The van der Waals surface area contributed by atoms with E-state index in [1.165, 1.54) is 12.4 Å². The van der Waals surface area contributed by atoms with Gasteiger partial charge in [-0.15, -0.1) is 10.2 Å². The lowest BCUT2D eigenvalue weighted by Crippen LogP contribution is -2.07. The number of nitrogens with zero attached hydrogens (tertiary/aromatic N) is 5. The topological polar surface area (TPSA) is 86.7 Å². The molecule has 0 amide bonds. The second-order valence-electron chi connectivity index (χ2n) is 7.68. The summed E-state index contributed by atoms with van der Waals surface area (Å²) in [6.07, 6.45) is 3.02. The molecule has 0 aliphatic rings. The first-order valence-corrected chi connectivity index (χ1v) is 10.9. The lowest BCUT2D eigenvalue weighted by atomic mass is 10.0. The summed E-state index contributed by atoms with van der Waals surface area (Å²) in [6.45, 7) is 4.36. The quantitative estimate of drug-likeness (QED) is 0.302. The van der Waals surface area contributed by atoms with Gasteiger partial charge in [0.15, 0.2) is 0 Å². The minimum atomic E-state index is -0.343. The average Bonchev–Trinajstić information content (AvgIpc) is 3.39. The molecule has 0 bridgehead atoms. The highest BCUT2D eigenvalue weighted by atomic mass is 35.5. The molecule has 0 spiro atoms. The minimum absolute atomic E-state index is 0.0880. The molecule has 0 fully saturated rings. The van der Waals surface area contributed by atoms with Gasteiger partial charge in [-0.3, -0.25) is 4.79 Å². The monoisotopic (exact) mass is 477 g/mol. The summed E-state index contributed by atoms with van der Waals surface area (Å²) < 4.78 is 7.75. The first-order chi connectivity index (χ1) is 15.9. The van der Waals surface area contributed by atoms with Gasteiger partial charge >= 0.3 is 0 Å². The van der Waals surface area contributed by atoms with Crippen molar-refractivity contribution in [1.29, 1.82) is 0 Å². The van der Waals surface area contributed by atoms with Gasteiger partial charge in [0.25, 0.3) is 11.7 Å². The normalized spacial score (nSPS) is 11.3. The average molecular weight is 478 g/mol. The van der Waals surface area contributed by atoms with Crippen molar-refractivity contribution in [2.45, 2.75) is 20.4 Å². The van der Waals surface area contributed by atoms with Crippen molar-refractivity contribution in [1.82, 2.24) is 25.0 Å². The maximum Gasteiger partial charge on any atom is 0.289 e. The number of benzene rings is 2. The van der Waals surface area contributed by atoms with Crippen LogP contribution in [0.5, 0.6) is 0 Å². The third-order valence-corrected chi connectivity index (χ3v) is 6.09. The smallest absolute Gasteiger partial charge is 0.289 e. The minimum Gasteiger partial charge on any atom is -0.413 e. The van der Waals surface area contributed by atoms with Gasteiger partial charge in [0.05, 0.1) is 23.5 Å². The van der Waals surface area contributed by atoms with Crippen LogP contribution in [0.3, 0.4) is 0 Å². The highest BCUT2D eigenvalue weighted by molar-refractivity contribution is 6.35. The van der Waals surface area contributed by atoms with Crippen molar-refractivity contribution < 1.29 is 9.21 Å². The number of rotatable bonds is 5. The van der Waals surface area contributed by atoms with Gasteiger partial charge in [0.1, 0.15) is 0 Å². The number of hydrogen-bond donors (Lipinski definition) is 0. The van der Waals surface area contributed by atoms with Gasteiger partial charge in [0.2, 0.25) is 5.89 Å². The number of aromatic nitrogens is 5. The van der Waals surface area contributed by atoms with E-state index in [9.17, 15) is 4.79 Å². The third-order valence-electron chi connectivity index (χ3n) is 5.50. The first kappa shape index (κ1) is 21.3. The summed E-state index contributed by atoms with van der Waals surface area (Å²) in [5.41, 5.74) is 4.71. The van der Waals surface area contributed by atoms with Crippen LogP contribution in [0.1, 0.15) is 33.1 Å². The summed E-state index contributed by atoms with van der Waals surface area (Å²) in [7, 11) is 0. The Morgan fingerprint density at radius 3 is 2.64 bits per heavy atom. The second-order valence-corrected chi connectivity index (χ2v) is 8.52. The Kier molecular flexibility index (Phi) is 5.44. The molecule has 0 aliphatic heterocycles. The van der Waals surface area contributed by atoms with Crippen molar-refractivity contribution >= 4 is 39.9 Å². The van der Waals surface area contributed by atoms with E-state index < -0.39 is 0 Å². The van der Waals surface area contributed by atoms with Crippen LogP contribution in [0.2, 0.25) is 10.0 Å². The number of carbonyl (C=O) groups excluding carboxylic acids is 1. The Balaban J connectivity index is 1.61. The van der Waals surface area contributed by atoms with Crippen LogP contribution in [0.15, 0.2) is 59.3 Å². The molecule has 9 heteroatoms. The van der Waals surface area contributed by atoms with Crippen molar-refractivity contribution in [2.75, 3.05) is 0 Å². The molecule has 2 aromatic carbocycles. The Labute approximate surface area is 199 Å². The van der Waals surface area contributed by atoms with Gasteiger partial charge in [-0.05, 0) is 49.7 Å². The summed E-state index contributed by atoms with van der Waals surface area (Å²) in [5.74, 6) is -0.224. The molecule has 0 aliphatic carbocycles. The summed E-state index contributed by atoms with van der Waals surface area (Å²) in [4.78, 5) is 13.5. The molecule has 0 unspecified atom stereocenters. The van der Waals surface area contributed by atoms with E-state index in [-0.39, 0.29) is 17.6 Å². The van der Waals surface area contributed by atoms with Crippen LogP contribution in [0, 0.1) is 13.8 Å². The van der Waals surface area contributed by atoms with Crippen molar-refractivity contribution in [3.63, 3.8) is 0 Å². The standard InChI is InChI=1S/C24H17Cl2N5O2/c1-13-3-6-20-18(9-13)21(14(2)31(20)12-16-4-5-17(25)10-19(16)26)22(32)24-30-29-23(33-24)15-7-8-27-28-11-15/h3-11H,12H2,1-2H3. The van der Waals surface area contributed by atoms with Crippen LogP contribution in [0.4, 0.5) is 0 Å². The maximum absolute atomic E-state index is 13.5. The van der Waals surface area contributed by atoms with E-state index >= 15 is 0 Å². The molecular weight excluding hydrogens is 461 g/mol. The van der Waals surface area contributed by atoms with Crippen molar-refractivity contribution in [2.24, 2.45) is 0 Å². The largest absolute Gasteiger partial charge is 0.413 e. The van der Waals surface area contributed by atoms with E-state index in [0.29, 0.717) is 27.7 Å². The van der Waals surface area contributed by atoms with E-state index in [1.807, 2.05) is 38.1 Å². The Hall–Kier alpha value is -3.55. The van der Waals surface area contributed by atoms with Crippen LogP contribution in [-0.4, -0.2) is 30.7 Å². The fourth-order valence-corrected chi connectivity index (χ4v) is 4.33. The fourth-order valence-electron chi connectivity index (χ4n) is 3.86. The van der Waals surface area contributed by atoms with Gasteiger partial charge in [0, 0.05) is 33.2 Å². The Morgan fingerprint density at radius 2 is 1.88 bits per heavy atom. The number of aryl methyl sites for hydroxylation is 1. The molecule has 164 valence electrons. The first-order valence-electron chi connectivity index (χ1n) is 10.1. The van der Waals surface area contributed by atoms with Gasteiger partial charge in [-0.1, -0.05) is 40.9 Å². The molecular formula is C24H17Cl2N5O2. The Bertz CT molecular complexity index is 1510. The summed E-state index contributed by atoms with van der Waals surface area (Å²) in [5, 5.41) is 17.5. The number of ketones is 1. The highest BCUT2D eigenvalue weighted by Gasteiger charge is 2.26. The number of halogens is 2. The molecule has 0 saturated heterocycles. The van der Waals surface area contributed by atoms with Crippen LogP contribution >= 0.6 is 23.2 Å². The van der Waals surface area contributed by atoms with Crippen LogP contribution in [-0.2, 0) is 6.54 Å². The second kappa shape index (κ2) is 8.42. The highest BCUT2D eigenvalue weighted by Crippen LogP contribution is 2.31. The fraction of sp³-hybridized carbons (Fsp3) is 0.125. The molecule has 0 saturated carbocycles. The summed E-state index contributed by atoms with van der Waals surface area (Å²) in [6, 6.07) is 13.1. The maximum atomic E-state index is 13.5. The van der Waals surface area contributed by atoms with Crippen molar-refractivity contribution in [3.8, 4) is 11.5 Å². The van der Waals surface area contributed by atoms with E-state index in [4.69, 9.17) is 27.6 Å². The molecule has 0 radical (unpaired) electrons. The number of hydrogen-bond acceptors (Lipinski definition) is 6. The molecule has 5 rings (SSSR count). The predicted molar refractivity (Wildman–Crippen MR) is 126 cm³/mol. The summed E-state index contributed by atoms with van der Waals surface area (Å²) >= 11 is 12.5. The Morgan fingerprint density at radius 1 is 1.03 bits per heavy atom. The number of carbonyl (C=O) groups is 1. The number of fused-ring (bicyclic) bond motifs is 1. The molecule has 3 aromatic heterocycles. The van der Waals surface area contributed by atoms with Crippen LogP contribution in [0.25, 0.3) is 22.4 Å². The molecule has 3 heterocycles. The SMILES string of the molecule is Cc1ccc2c(c1)c(C(=O)c1nnc(-c3ccnnc3)o1)c(C)n2Cc1ccc(Cl)cc1Cl. The van der Waals surface area contributed by atoms with Gasteiger partial charge < -0.3 is 8.98 Å². The molecule has 0 atom stereocenters. The van der Waals surface area contributed by atoms with Crippen LogP contribution < -0.4 is 0 Å². The predicted octanol–water partition coefficient (Wildman–Crippen LogP) is 5.68. The molecule has 0 N–H and O–H groups in total. The third kappa shape index (κ3) is 3.90. The zero-order valence-corrected chi connectivity index (χ0v) is 19.2. The van der Waals surface area contributed by atoms with Crippen molar-refractivity contribution in [3.05, 3.63) is 93.2 Å². The molecule has 7 nitrogen and oxygen atoms in total. The van der Waals surface area contributed by atoms with Gasteiger partial charge in [-0.25, -0.2) is 0 Å². The zero-order valence-electron chi connectivity index (χ0n) is 17.7. The molecule has 33 heavy (non-hydrogen) atoms. The lowest BCUT2D eigenvalue weighted by molar-refractivity contribution is 0.100. The van der Waals surface area contributed by atoms with E-state index in [0.717, 1.165) is 27.7 Å². The lowest BCUT2D eigenvalue weighted by Gasteiger charge is -2.11. The molecule has 5 aromatic rings.